The van der Waals surface area contributed by atoms with Crippen molar-refractivity contribution in [2.24, 2.45) is 5.41 Å². The topological polar surface area (TPSA) is 37.3 Å². The van der Waals surface area contributed by atoms with Crippen LogP contribution in [0.3, 0.4) is 0 Å². The first-order valence-corrected chi connectivity index (χ1v) is 5.59. The number of alkyl halides is 2. The normalized spacial score (nSPS) is 26.9. The van der Waals surface area contributed by atoms with Gasteiger partial charge in [0.1, 0.15) is 0 Å². The molecule has 1 aromatic carbocycles. The second-order valence-corrected chi connectivity index (χ2v) is 4.78. The van der Waals surface area contributed by atoms with Gasteiger partial charge in [0.05, 0.1) is 5.41 Å². The van der Waals surface area contributed by atoms with Crippen LogP contribution >= 0.6 is 0 Å². The summed E-state index contributed by atoms with van der Waals surface area (Å²) in [6.45, 7) is 0. The molecule has 17 heavy (non-hydrogen) atoms. The first-order chi connectivity index (χ1) is 7.94. The zero-order valence-corrected chi connectivity index (χ0v) is 9.33. The second kappa shape index (κ2) is 4.09. The third-order valence-electron chi connectivity index (χ3n) is 3.41. The van der Waals surface area contributed by atoms with Crippen LogP contribution in [-0.4, -0.2) is 17.0 Å². The molecule has 92 valence electrons. The Kier molecular flexibility index (Phi) is 2.89. The number of rotatable bonds is 3. The van der Waals surface area contributed by atoms with Crippen LogP contribution in [-0.2, 0) is 11.2 Å². The van der Waals surface area contributed by atoms with E-state index in [0.717, 1.165) is 5.56 Å². The lowest BCUT2D eigenvalue weighted by Crippen LogP contribution is -2.32. The van der Waals surface area contributed by atoms with E-state index in [4.69, 9.17) is 0 Å². The number of aliphatic carboxylic acids is 1. The maximum atomic E-state index is 13.2. The molecule has 0 radical (unpaired) electrons. The average molecular weight is 240 g/mol. The summed E-state index contributed by atoms with van der Waals surface area (Å²) in [5, 5.41) is 9.22. The van der Waals surface area contributed by atoms with E-state index < -0.39 is 23.7 Å². The molecule has 1 fully saturated rings. The Balaban J connectivity index is 2.23. The standard InChI is InChI=1S/C13H14F2O2/c14-13(15)7-6-12(9-13,11(16)17)8-10-4-2-1-3-5-10/h1-5H,6-9H2,(H,16,17)/t12-/m1/s1. The van der Waals surface area contributed by atoms with E-state index in [2.05, 4.69) is 0 Å². The van der Waals surface area contributed by atoms with Crippen molar-refractivity contribution in [2.75, 3.05) is 0 Å². The molecule has 2 nitrogen and oxygen atoms in total. The molecule has 1 aliphatic carbocycles. The van der Waals surface area contributed by atoms with Gasteiger partial charge in [-0.05, 0) is 18.4 Å². The highest BCUT2D eigenvalue weighted by Gasteiger charge is 2.53. The predicted octanol–water partition coefficient (Wildman–Crippen LogP) is 3.12. The number of hydrogen-bond donors (Lipinski definition) is 1. The van der Waals surface area contributed by atoms with Crippen LogP contribution in [0.4, 0.5) is 8.78 Å². The summed E-state index contributed by atoms with van der Waals surface area (Å²) in [4.78, 5) is 11.3. The van der Waals surface area contributed by atoms with Crippen LogP contribution in [0.2, 0.25) is 0 Å². The van der Waals surface area contributed by atoms with E-state index in [1.807, 2.05) is 6.07 Å². The van der Waals surface area contributed by atoms with Crippen LogP contribution < -0.4 is 0 Å². The zero-order valence-electron chi connectivity index (χ0n) is 9.33. The van der Waals surface area contributed by atoms with Gasteiger partial charge < -0.3 is 5.11 Å². The van der Waals surface area contributed by atoms with Gasteiger partial charge in [0.15, 0.2) is 0 Å². The molecule has 1 N–H and O–H groups in total. The summed E-state index contributed by atoms with van der Waals surface area (Å²) in [5.41, 5.74) is -0.502. The third kappa shape index (κ3) is 2.46. The van der Waals surface area contributed by atoms with Gasteiger partial charge in [0.25, 0.3) is 0 Å². The second-order valence-electron chi connectivity index (χ2n) is 4.78. The van der Waals surface area contributed by atoms with E-state index in [1.54, 1.807) is 24.3 Å². The number of hydrogen-bond acceptors (Lipinski definition) is 1. The van der Waals surface area contributed by atoms with E-state index in [-0.39, 0.29) is 19.3 Å². The lowest BCUT2D eigenvalue weighted by molar-refractivity contribution is -0.150. The minimum atomic E-state index is -2.84. The molecule has 0 amide bonds. The predicted molar refractivity (Wildman–Crippen MR) is 59.0 cm³/mol. The molecule has 1 aliphatic rings. The summed E-state index contributed by atoms with van der Waals surface area (Å²) in [5.74, 6) is -3.95. The van der Waals surface area contributed by atoms with Gasteiger partial charge in [-0.25, -0.2) is 8.78 Å². The van der Waals surface area contributed by atoms with Gasteiger partial charge >= 0.3 is 5.97 Å². The Bertz CT molecular complexity index is 417. The summed E-state index contributed by atoms with van der Waals surface area (Å²) in [6.07, 6.45) is -0.653. The summed E-state index contributed by atoms with van der Waals surface area (Å²) in [6, 6.07) is 8.96. The van der Waals surface area contributed by atoms with Crippen molar-refractivity contribution in [1.29, 1.82) is 0 Å². The van der Waals surface area contributed by atoms with Crippen molar-refractivity contribution in [2.45, 2.75) is 31.6 Å². The van der Waals surface area contributed by atoms with Crippen molar-refractivity contribution < 1.29 is 18.7 Å². The lowest BCUT2D eigenvalue weighted by atomic mass is 9.80. The van der Waals surface area contributed by atoms with Crippen LogP contribution in [0.25, 0.3) is 0 Å². The van der Waals surface area contributed by atoms with Crippen LogP contribution in [0.15, 0.2) is 30.3 Å². The SMILES string of the molecule is O=C(O)[C@@]1(Cc2ccccc2)CCC(F)(F)C1. The van der Waals surface area contributed by atoms with Gasteiger partial charge in [0, 0.05) is 12.8 Å². The molecular formula is C13H14F2O2. The van der Waals surface area contributed by atoms with E-state index >= 15 is 0 Å². The molecule has 0 aliphatic heterocycles. The van der Waals surface area contributed by atoms with E-state index in [1.165, 1.54) is 0 Å². The average Bonchev–Trinajstić information content (AvgIpc) is 2.57. The van der Waals surface area contributed by atoms with Gasteiger partial charge in [-0.15, -0.1) is 0 Å². The summed E-state index contributed by atoms with van der Waals surface area (Å²) >= 11 is 0. The minimum absolute atomic E-state index is 0.0459. The highest BCUT2D eigenvalue weighted by molar-refractivity contribution is 5.75. The Morgan fingerprint density at radius 2 is 1.88 bits per heavy atom. The number of benzene rings is 1. The number of halogens is 2. The highest BCUT2D eigenvalue weighted by Crippen LogP contribution is 2.49. The molecule has 4 heteroatoms. The van der Waals surface area contributed by atoms with Gasteiger partial charge in [-0.3, -0.25) is 4.79 Å². The monoisotopic (exact) mass is 240 g/mol. The fourth-order valence-electron chi connectivity index (χ4n) is 2.49. The van der Waals surface area contributed by atoms with Crippen LogP contribution in [0.5, 0.6) is 0 Å². The van der Waals surface area contributed by atoms with Gasteiger partial charge in [-0.2, -0.15) is 0 Å². The molecule has 0 spiro atoms. The largest absolute Gasteiger partial charge is 0.481 e. The quantitative estimate of drug-likeness (QED) is 0.881. The van der Waals surface area contributed by atoms with Gasteiger partial charge in [0.2, 0.25) is 5.92 Å². The first kappa shape index (κ1) is 12.0. The summed E-state index contributed by atoms with van der Waals surface area (Å²) in [7, 11) is 0. The summed E-state index contributed by atoms with van der Waals surface area (Å²) < 4.78 is 26.5. The zero-order chi connectivity index (χ0) is 12.5. The molecule has 1 aromatic rings. The molecule has 0 aromatic heterocycles. The minimum Gasteiger partial charge on any atom is -0.481 e. The van der Waals surface area contributed by atoms with Crippen molar-refractivity contribution in [3.8, 4) is 0 Å². The van der Waals surface area contributed by atoms with Crippen LogP contribution in [0.1, 0.15) is 24.8 Å². The van der Waals surface area contributed by atoms with E-state index in [9.17, 15) is 18.7 Å². The molecule has 0 saturated heterocycles. The van der Waals surface area contributed by atoms with Crippen molar-refractivity contribution in [1.82, 2.24) is 0 Å². The Morgan fingerprint density at radius 3 is 2.35 bits per heavy atom. The molecular weight excluding hydrogens is 226 g/mol. The maximum Gasteiger partial charge on any atom is 0.310 e. The fraction of sp³-hybridized carbons (Fsp3) is 0.462. The number of carboxylic acids is 1. The Hall–Kier alpha value is -1.45. The molecule has 1 saturated carbocycles. The highest BCUT2D eigenvalue weighted by atomic mass is 19.3. The number of carboxylic acid groups (broad SMARTS) is 1. The molecule has 0 unspecified atom stereocenters. The number of carbonyl (C=O) groups is 1. The first-order valence-electron chi connectivity index (χ1n) is 5.59. The molecule has 0 heterocycles. The van der Waals surface area contributed by atoms with Gasteiger partial charge in [-0.1, -0.05) is 30.3 Å². The molecule has 1 atom stereocenters. The van der Waals surface area contributed by atoms with E-state index in [0.29, 0.717) is 0 Å². The molecule has 0 bridgehead atoms. The lowest BCUT2D eigenvalue weighted by Gasteiger charge is -2.24. The van der Waals surface area contributed by atoms with Crippen molar-refractivity contribution >= 4 is 5.97 Å². The van der Waals surface area contributed by atoms with Crippen LogP contribution in [0, 0.1) is 5.41 Å². The smallest absolute Gasteiger partial charge is 0.310 e. The van der Waals surface area contributed by atoms with Crippen molar-refractivity contribution in [3.05, 3.63) is 35.9 Å². The maximum absolute atomic E-state index is 13.2. The molecule has 2 rings (SSSR count). The third-order valence-corrected chi connectivity index (χ3v) is 3.41. The Labute approximate surface area is 98.3 Å². The Morgan fingerprint density at radius 1 is 1.24 bits per heavy atom. The van der Waals surface area contributed by atoms with Crippen molar-refractivity contribution in [3.63, 3.8) is 0 Å². The fourth-order valence-corrected chi connectivity index (χ4v) is 2.49.